The largest absolute Gasteiger partial charge is 0.492 e. The molecule has 0 saturated carbocycles. The minimum absolute atomic E-state index is 0.0517. The third-order valence-corrected chi connectivity index (χ3v) is 4.71. The Hall–Kier alpha value is -4.40. The molecule has 0 aromatic heterocycles. The number of esters is 1. The predicted octanol–water partition coefficient (Wildman–Crippen LogP) is 4.57. The summed E-state index contributed by atoms with van der Waals surface area (Å²) in [6.07, 6.45) is -1.29. The summed E-state index contributed by atoms with van der Waals surface area (Å²) in [5.41, 5.74) is 0.790. The van der Waals surface area contributed by atoms with Crippen LogP contribution >= 0.6 is 0 Å². The number of anilines is 2. The minimum Gasteiger partial charge on any atom is -0.492 e. The number of hydrogen-bond acceptors (Lipinski definition) is 7. The van der Waals surface area contributed by atoms with Gasteiger partial charge in [0.1, 0.15) is 11.4 Å². The normalized spacial score (nSPS) is 11.2. The van der Waals surface area contributed by atoms with Gasteiger partial charge in [-0.2, -0.15) is 0 Å². The predicted molar refractivity (Wildman–Crippen MR) is 123 cm³/mol. The molecule has 0 bridgehead atoms. The van der Waals surface area contributed by atoms with Crippen LogP contribution in [0.5, 0.6) is 5.75 Å². The van der Waals surface area contributed by atoms with Gasteiger partial charge in [0.25, 0.3) is 11.6 Å². The van der Waals surface area contributed by atoms with E-state index in [2.05, 4.69) is 10.6 Å². The van der Waals surface area contributed by atoms with Crippen molar-refractivity contribution in [1.82, 2.24) is 0 Å². The van der Waals surface area contributed by atoms with Gasteiger partial charge in [-0.05, 0) is 31.2 Å². The molecular formula is C24H23N3O6. The molecule has 3 aromatic rings. The SMILES string of the molecule is CCOc1ccccc1NC(=O)C(OC(=O)c1ccc(NC)c([N+](=O)[O-])c1)c1ccccc1. The summed E-state index contributed by atoms with van der Waals surface area (Å²) in [4.78, 5) is 36.7. The van der Waals surface area contributed by atoms with E-state index in [1.54, 1.807) is 54.6 Å². The molecule has 33 heavy (non-hydrogen) atoms. The Morgan fingerprint density at radius 2 is 1.70 bits per heavy atom. The van der Waals surface area contributed by atoms with Gasteiger partial charge in [0, 0.05) is 18.7 Å². The third kappa shape index (κ3) is 5.65. The molecule has 0 heterocycles. The Morgan fingerprint density at radius 1 is 1.00 bits per heavy atom. The molecule has 9 heteroatoms. The molecule has 1 unspecified atom stereocenters. The van der Waals surface area contributed by atoms with E-state index in [1.165, 1.54) is 19.2 Å². The van der Waals surface area contributed by atoms with Gasteiger partial charge in [-0.25, -0.2) is 4.79 Å². The van der Waals surface area contributed by atoms with Crippen molar-refractivity contribution >= 4 is 28.9 Å². The van der Waals surface area contributed by atoms with Crippen molar-refractivity contribution < 1.29 is 24.0 Å². The van der Waals surface area contributed by atoms with E-state index in [-0.39, 0.29) is 16.9 Å². The van der Waals surface area contributed by atoms with Crippen LogP contribution in [0, 0.1) is 10.1 Å². The molecule has 0 spiro atoms. The molecule has 9 nitrogen and oxygen atoms in total. The molecule has 3 rings (SSSR count). The third-order valence-electron chi connectivity index (χ3n) is 4.71. The van der Waals surface area contributed by atoms with Crippen LogP contribution in [0.4, 0.5) is 17.1 Å². The van der Waals surface area contributed by atoms with Gasteiger partial charge in [0.05, 0.1) is 22.8 Å². The number of amides is 1. The molecular weight excluding hydrogens is 426 g/mol. The number of carbonyl (C=O) groups is 2. The number of benzene rings is 3. The molecule has 0 aliphatic rings. The zero-order valence-electron chi connectivity index (χ0n) is 18.1. The van der Waals surface area contributed by atoms with Crippen LogP contribution in [0.15, 0.2) is 72.8 Å². The maximum Gasteiger partial charge on any atom is 0.339 e. The number of ether oxygens (including phenoxy) is 2. The summed E-state index contributed by atoms with van der Waals surface area (Å²) in [7, 11) is 1.54. The molecule has 3 aromatic carbocycles. The first-order valence-electron chi connectivity index (χ1n) is 10.2. The topological polar surface area (TPSA) is 120 Å². The summed E-state index contributed by atoms with van der Waals surface area (Å²) in [6.45, 7) is 2.23. The van der Waals surface area contributed by atoms with Gasteiger partial charge < -0.3 is 20.1 Å². The maximum absolute atomic E-state index is 13.1. The van der Waals surface area contributed by atoms with Crippen LogP contribution in [0.1, 0.15) is 28.9 Å². The summed E-state index contributed by atoms with van der Waals surface area (Å²) in [5.74, 6) is -0.990. The summed E-state index contributed by atoms with van der Waals surface area (Å²) in [6, 6.07) is 19.3. The number of carbonyl (C=O) groups excluding carboxylic acids is 2. The molecule has 1 atom stereocenters. The lowest BCUT2D eigenvalue weighted by atomic mass is 10.1. The van der Waals surface area contributed by atoms with Gasteiger partial charge in [0.2, 0.25) is 6.10 Å². The average Bonchev–Trinajstić information content (AvgIpc) is 2.83. The van der Waals surface area contributed by atoms with Crippen molar-refractivity contribution in [2.75, 3.05) is 24.3 Å². The van der Waals surface area contributed by atoms with E-state index in [1.807, 2.05) is 6.92 Å². The first-order valence-corrected chi connectivity index (χ1v) is 10.2. The van der Waals surface area contributed by atoms with Crippen molar-refractivity contribution in [3.05, 3.63) is 94.0 Å². The zero-order chi connectivity index (χ0) is 23.8. The Morgan fingerprint density at radius 3 is 2.36 bits per heavy atom. The van der Waals surface area contributed by atoms with Crippen molar-refractivity contribution in [2.45, 2.75) is 13.0 Å². The second kappa shape index (κ2) is 10.8. The Kier molecular flexibility index (Phi) is 7.59. The highest BCUT2D eigenvalue weighted by atomic mass is 16.6. The van der Waals surface area contributed by atoms with Crippen LogP contribution in [0.3, 0.4) is 0 Å². The Balaban J connectivity index is 1.90. The lowest BCUT2D eigenvalue weighted by molar-refractivity contribution is -0.384. The van der Waals surface area contributed by atoms with Crippen LogP contribution in [0.25, 0.3) is 0 Å². The van der Waals surface area contributed by atoms with Gasteiger partial charge in [-0.1, -0.05) is 42.5 Å². The van der Waals surface area contributed by atoms with Crippen molar-refractivity contribution in [3.8, 4) is 5.75 Å². The maximum atomic E-state index is 13.1. The summed E-state index contributed by atoms with van der Waals surface area (Å²) in [5, 5.41) is 16.8. The Labute approximate surface area is 190 Å². The van der Waals surface area contributed by atoms with Crippen LogP contribution in [-0.4, -0.2) is 30.5 Å². The first kappa shape index (κ1) is 23.3. The second-order valence-electron chi connectivity index (χ2n) is 6.85. The minimum atomic E-state index is -1.29. The molecule has 0 aliphatic carbocycles. The Bertz CT molecular complexity index is 1150. The van der Waals surface area contributed by atoms with E-state index in [0.29, 0.717) is 23.6 Å². The number of nitro groups is 1. The molecule has 0 radical (unpaired) electrons. The van der Waals surface area contributed by atoms with Crippen LogP contribution < -0.4 is 15.4 Å². The van der Waals surface area contributed by atoms with E-state index in [0.717, 1.165) is 6.07 Å². The van der Waals surface area contributed by atoms with E-state index < -0.39 is 22.9 Å². The van der Waals surface area contributed by atoms with E-state index in [9.17, 15) is 19.7 Å². The van der Waals surface area contributed by atoms with Gasteiger partial charge in [-0.3, -0.25) is 14.9 Å². The average molecular weight is 449 g/mol. The summed E-state index contributed by atoms with van der Waals surface area (Å²) >= 11 is 0. The molecule has 0 aliphatic heterocycles. The number of nitrogens with zero attached hydrogens (tertiary/aromatic N) is 1. The van der Waals surface area contributed by atoms with Gasteiger partial charge in [0.15, 0.2) is 0 Å². The van der Waals surface area contributed by atoms with Crippen molar-refractivity contribution in [2.24, 2.45) is 0 Å². The second-order valence-corrected chi connectivity index (χ2v) is 6.85. The van der Waals surface area contributed by atoms with E-state index in [4.69, 9.17) is 9.47 Å². The highest BCUT2D eigenvalue weighted by Crippen LogP contribution is 2.29. The van der Waals surface area contributed by atoms with Crippen LogP contribution in [-0.2, 0) is 9.53 Å². The standard InChI is InChI=1S/C24H23N3O6/c1-3-32-21-12-8-7-11-19(21)26-23(28)22(16-9-5-4-6-10-16)33-24(29)17-13-14-18(25-2)20(15-17)27(30)31/h4-15,22,25H,3H2,1-2H3,(H,26,28). The van der Waals surface area contributed by atoms with Gasteiger partial charge in [-0.15, -0.1) is 0 Å². The fraction of sp³-hybridized carbons (Fsp3) is 0.167. The zero-order valence-corrected chi connectivity index (χ0v) is 18.1. The number of rotatable bonds is 9. The van der Waals surface area contributed by atoms with Crippen molar-refractivity contribution in [3.63, 3.8) is 0 Å². The van der Waals surface area contributed by atoms with Gasteiger partial charge >= 0.3 is 5.97 Å². The summed E-state index contributed by atoms with van der Waals surface area (Å²) < 4.78 is 11.1. The lowest BCUT2D eigenvalue weighted by Crippen LogP contribution is -2.26. The highest BCUT2D eigenvalue weighted by molar-refractivity contribution is 5.99. The molecule has 170 valence electrons. The fourth-order valence-corrected chi connectivity index (χ4v) is 3.15. The van der Waals surface area contributed by atoms with E-state index >= 15 is 0 Å². The number of para-hydroxylation sites is 2. The quantitative estimate of drug-likeness (QED) is 0.279. The smallest absolute Gasteiger partial charge is 0.339 e. The number of hydrogen-bond donors (Lipinski definition) is 2. The molecule has 0 fully saturated rings. The van der Waals surface area contributed by atoms with Crippen molar-refractivity contribution in [1.29, 1.82) is 0 Å². The van der Waals surface area contributed by atoms with Crippen LogP contribution in [0.2, 0.25) is 0 Å². The lowest BCUT2D eigenvalue weighted by Gasteiger charge is -2.19. The number of nitrogens with one attached hydrogen (secondary N) is 2. The monoisotopic (exact) mass is 449 g/mol. The number of nitro benzene ring substituents is 1. The molecule has 1 amide bonds. The fourth-order valence-electron chi connectivity index (χ4n) is 3.15. The highest BCUT2D eigenvalue weighted by Gasteiger charge is 2.27. The molecule has 2 N–H and O–H groups in total. The first-order chi connectivity index (χ1) is 15.9. The molecule has 0 saturated heterocycles.